The number of halogens is 3. The summed E-state index contributed by atoms with van der Waals surface area (Å²) in [6.45, 7) is 1.81. The molecule has 0 unspecified atom stereocenters. The Hall–Kier alpha value is -4.40. The van der Waals surface area contributed by atoms with E-state index in [0.717, 1.165) is 28.8 Å². The van der Waals surface area contributed by atoms with Crippen molar-refractivity contribution in [2.45, 2.75) is 19.2 Å². The number of benzene rings is 2. The zero-order chi connectivity index (χ0) is 25.0. The van der Waals surface area contributed by atoms with E-state index < -0.39 is 23.8 Å². The molecule has 6 nitrogen and oxygen atoms in total. The number of aromatic nitrogens is 2. The van der Waals surface area contributed by atoms with Gasteiger partial charge < -0.3 is 15.8 Å². The lowest BCUT2D eigenvalue weighted by Gasteiger charge is -2.18. The standard InChI is InChI=1S/C26H21F3N4O2/c1-16(35-23-13-20(15-32-24(23)30)19-7-4-10-31-14-19)17-5-3-9-22(12-17)33-25(34)18-6-2-8-21(11-18)26(27,28)29/h2-16H,1H3,(H2,30,32)(H,33,34)/t16-/m1/s1. The van der Waals surface area contributed by atoms with Crippen molar-refractivity contribution < 1.29 is 22.7 Å². The summed E-state index contributed by atoms with van der Waals surface area (Å²) in [6.07, 6.45) is 0.0133. The van der Waals surface area contributed by atoms with Gasteiger partial charge in [0.25, 0.3) is 5.91 Å². The molecule has 9 heteroatoms. The number of pyridine rings is 2. The molecule has 3 N–H and O–H groups in total. The molecule has 35 heavy (non-hydrogen) atoms. The number of alkyl halides is 3. The van der Waals surface area contributed by atoms with Crippen molar-refractivity contribution in [2.24, 2.45) is 0 Å². The number of hydrogen-bond acceptors (Lipinski definition) is 5. The summed E-state index contributed by atoms with van der Waals surface area (Å²) in [5.74, 6) is -0.0461. The summed E-state index contributed by atoms with van der Waals surface area (Å²) < 4.78 is 44.9. The van der Waals surface area contributed by atoms with Gasteiger partial charge in [0.2, 0.25) is 0 Å². The fourth-order valence-electron chi connectivity index (χ4n) is 3.41. The minimum absolute atomic E-state index is 0.0967. The average molecular weight is 478 g/mol. The fraction of sp³-hybridized carbons (Fsp3) is 0.115. The van der Waals surface area contributed by atoms with E-state index in [0.29, 0.717) is 11.4 Å². The van der Waals surface area contributed by atoms with E-state index in [1.807, 2.05) is 19.1 Å². The van der Waals surface area contributed by atoms with Gasteiger partial charge in [-0.2, -0.15) is 13.2 Å². The molecule has 2 aromatic heterocycles. The second-order valence-electron chi connectivity index (χ2n) is 7.77. The van der Waals surface area contributed by atoms with Crippen LogP contribution in [0.5, 0.6) is 5.75 Å². The van der Waals surface area contributed by atoms with E-state index >= 15 is 0 Å². The van der Waals surface area contributed by atoms with Crippen molar-refractivity contribution in [3.63, 3.8) is 0 Å². The number of nitrogens with zero attached hydrogens (tertiary/aromatic N) is 2. The van der Waals surface area contributed by atoms with Gasteiger partial charge in [0, 0.05) is 41.0 Å². The van der Waals surface area contributed by atoms with E-state index in [9.17, 15) is 18.0 Å². The Kier molecular flexibility index (Phi) is 6.68. The smallest absolute Gasteiger partial charge is 0.416 e. The summed E-state index contributed by atoms with van der Waals surface area (Å²) in [4.78, 5) is 20.9. The highest BCUT2D eigenvalue weighted by Gasteiger charge is 2.30. The van der Waals surface area contributed by atoms with Crippen LogP contribution in [0.4, 0.5) is 24.7 Å². The van der Waals surface area contributed by atoms with Crippen molar-refractivity contribution in [2.75, 3.05) is 11.1 Å². The summed E-state index contributed by atoms with van der Waals surface area (Å²) in [5.41, 5.74) is 7.80. The molecule has 0 aliphatic rings. The highest BCUT2D eigenvalue weighted by Crippen LogP contribution is 2.32. The second kappa shape index (κ2) is 9.84. The Bertz CT molecular complexity index is 1340. The lowest BCUT2D eigenvalue weighted by atomic mass is 10.1. The topological polar surface area (TPSA) is 90.1 Å². The molecular formula is C26H21F3N4O2. The van der Waals surface area contributed by atoms with Gasteiger partial charge in [0.15, 0.2) is 11.6 Å². The molecule has 1 atom stereocenters. The highest BCUT2D eigenvalue weighted by molar-refractivity contribution is 6.04. The first-order valence-corrected chi connectivity index (χ1v) is 10.6. The minimum atomic E-state index is -4.53. The number of carbonyl (C=O) groups excluding carboxylic acids is 1. The van der Waals surface area contributed by atoms with Gasteiger partial charge in [-0.25, -0.2) is 4.98 Å². The molecule has 178 valence electrons. The largest absolute Gasteiger partial charge is 0.482 e. The number of carbonyl (C=O) groups is 1. The predicted molar refractivity (Wildman–Crippen MR) is 127 cm³/mol. The van der Waals surface area contributed by atoms with Crippen molar-refractivity contribution in [1.29, 1.82) is 0 Å². The highest BCUT2D eigenvalue weighted by atomic mass is 19.4. The van der Waals surface area contributed by atoms with Crippen molar-refractivity contribution in [1.82, 2.24) is 9.97 Å². The van der Waals surface area contributed by atoms with E-state index in [1.54, 1.807) is 48.9 Å². The first-order chi connectivity index (χ1) is 16.7. The van der Waals surface area contributed by atoms with Crippen LogP contribution in [-0.4, -0.2) is 15.9 Å². The van der Waals surface area contributed by atoms with Gasteiger partial charge >= 0.3 is 6.18 Å². The van der Waals surface area contributed by atoms with E-state index in [1.165, 1.54) is 12.1 Å². The Morgan fingerprint density at radius 3 is 2.54 bits per heavy atom. The maximum absolute atomic E-state index is 13.0. The summed E-state index contributed by atoms with van der Waals surface area (Å²) in [6, 6.07) is 16.6. The minimum Gasteiger partial charge on any atom is -0.482 e. The van der Waals surface area contributed by atoms with Crippen LogP contribution < -0.4 is 15.8 Å². The number of nitrogens with one attached hydrogen (secondary N) is 1. The van der Waals surface area contributed by atoms with Gasteiger partial charge in [-0.1, -0.05) is 24.3 Å². The molecule has 0 bridgehead atoms. The van der Waals surface area contributed by atoms with E-state index in [4.69, 9.17) is 10.5 Å². The van der Waals surface area contributed by atoms with Crippen LogP contribution in [-0.2, 0) is 6.18 Å². The lowest BCUT2D eigenvalue weighted by molar-refractivity contribution is -0.137. The number of ether oxygens (including phenoxy) is 1. The molecule has 2 aromatic carbocycles. The molecule has 0 radical (unpaired) electrons. The van der Waals surface area contributed by atoms with Crippen LogP contribution in [0.2, 0.25) is 0 Å². The molecule has 2 heterocycles. The van der Waals surface area contributed by atoms with Gasteiger partial charge in [0.1, 0.15) is 6.10 Å². The maximum atomic E-state index is 13.0. The second-order valence-corrected chi connectivity index (χ2v) is 7.77. The number of rotatable bonds is 6. The molecular weight excluding hydrogens is 457 g/mol. The lowest BCUT2D eigenvalue weighted by Crippen LogP contribution is -2.14. The quantitative estimate of drug-likeness (QED) is 0.348. The SMILES string of the molecule is C[C@@H](Oc1cc(-c2cccnc2)cnc1N)c1cccc(NC(=O)c2cccc(C(F)(F)F)c2)c1. The van der Waals surface area contributed by atoms with E-state index in [-0.39, 0.29) is 11.4 Å². The van der Waals surface area contributed by atoms with Gasteiger partial charge in [-0.15, -0.1) is 0 Å². The number of nitrogen functional groups attached to an aromatic ring is 1. The average Bonchev–Trinajstić information content (AvgIpc) is 2.85. The Balaban J connectivity index is 1.50. The monoisotopic (exact) mass is 478 g/mol. The third-order valence-electron chi connectivity index (χ3n) is 5.25. The van der Waals surface area contributed by atoms with Crippen molar-refractivity contribution in [3.8, 4) is 16.9 Å². The van der Waals surface area contributed by atoms with Crippen molar-refractivity contribution in [3.05, 3.63) is 102 Å². The van der Waals surface area contributed by atoms with Crippen LogP contribution in [0.3, 0.4) is 0 Å². The zero-order valence-electron chi connectivity index (χ0n) is 18.6. The number of amides is 1. The van der Waals surface area contributed by atoms with Crippen LogP contribution in [0.15, 0.2) is 85.3 Å². The number of hydrogen-bond donors (Lipinski definition) is 2. The Labute approximate surface area is 199 Å². The zero-order valence-corrected chi connectivity index (χ0v) is 18.6. The number of anilines is 2. The molecule has 0 aliphatic heterocycles. The van der Waals surface area contributed by atoms with Gasteiger partial charge in [0.05, 0.1) is 5.56 Å². The molecule has 0 saturated heterocycles. The van der Waals surface area contributed by atoms with Crippen LogP contribution in [0.25, 0.3) is 11.1 Å². The van der Waals surface area contributed by atoms with Crippen molar-refractivity contribution >= 4 is 17.4 Å². The normalized spacial score (nSPS) is 12.1. The van der Waals surface area contributed by atoms with E-state index in [2.05, 4.69) is 15.3 Å². The molecule has 0 spiro atoms. The van der Waals surface area contributed by atoms with Gasteiger partial charge in [-0.05, 0) is 55.0 Å². The molecule has 0 aliphatic carbocycles. The first-order valence-electron chi connectivity index (χ1n) is 10.6. The number of nitrogens with two attached hydrogens (primary N) is 1. The summed E-state index contributed by atoms with van der Waals surface area (Å²) in [7, 11) is 0. The van der Waals surface area contributed by atoms with Crippen LogP contribution in [0.1, 0.15) is 34.5 Å². The molecule has 0 saturated carbocycles. The van der Waals surface area contributed by atoms with Crippen LogP contribution in [0, 0.1) is 0 Å². The fourth-order valence-corrected chi connectivity index (χ4v) is 3.41. The van der Waals surface area contributed by atoms with Crippen LogP contribution >= 0.6 is 0 Å². The first kappa shape index (κ1) is 23.7. The molecule has 0 fully saturated rings. The third kappa shape index (κ3) is 5.75. The molecule has 4 aromatic rings. The Morgan fingerprint density at radius 2 is 1.80 bits per heavy atom. The summed E-state index contributed by atoms with van der Waals surface area (Å²) in [5, 5.41) is 2.63. The predicted octanol–water partition coefficient (Wildman–Crippen LogP) is 6.14. The Morgan fingerprint density at radius 1 is 1.00 bits per heavy atom. The summed E-state index contributed by atoms with van der Waals surface area (Å²) >= 11 is 0. The van der Waals surface area contributed by atoms with Gasteiger partial charge in [-0.3, -0.25) is 9.78 Å². The molecule has 4 rings (SSSR count). The third-order valence-corrected chi connectivity index (χ3v) is 5.25. The molecule has 1 amide bonds. The maximum Gasteiger partial charge on any atom is 0.416 e.